The Morgan fingerprint density at radius 2 is 2.12 bits per heavy atom. The smallest absolute Gasteiger partial charge is 0.320 e. The molecule has 1 saturated heterocycles. The first-order chi connectivity index (χ1) is 8.17. The molecule has 17 heavy (non-hydrogen) atoms. The summed E-state index contributed by atoms with van der Waals surface area (Å²) in [6, 6.07) is 0. The van der Waals surface area contributed by atoms with Gasteiger partial charge in [-0.25, -0.2) is 0 Å². The molecule has 96 valence electrons. The van der Waals surface area contributed by atoms with Crippen LogP contribution in [-0.4, -0.2) is 61.0 Å². The van der Waals surface area contributed by atoms with Crippen molar-refractivity contribution in [3.63, 3.8) is 0 Å². The van der Waals surface area contributed by atoms with Crippen molar-refractivity contribution in [1.82, 2.24) is 9.80 Å². The van der Waals surface area contributed by atoms with Gasteiger partial charge in [0.25, 0.3) is 0 Å². The van der Waals surface area contributed by atoms with Gasteiger partial charge in [-0.2, -0.15) is 0 Å². The number of hydrogen-bond acceptors (Lipinski definition) is 4. The van der Waals surface area contributed by atoms with Crippen molar-refractivity contribution >= 4 is 11.9 Å². The Kier molecular flexibility index (Phi) is 5.69. The Morgan fingerprint density at radius 1 is 1.41 bits per heavy atom. The number of carbonyl (C=O) groups excluding carboxylic acids is 2. The number of carbonyl (C=O) groups is 2. The third-order valence-electron chi connectivity index (χ3n) is 2.61. The minimum Gasteiger partial charge on any atom is -0.465 e. The molecule has 0 aliphatic carbocycles. The van der Waals surface area contributed by atoms with Gasteiger partial charge in [0, 0.05) is 19.6 Å². The topological polar surface area (TPSA) is 49.9 Å². The molecule has 0 aromatic rings. The SMILES string of the molecule is C=CCN(CC(=O)OCC)CC(=O)N1CCC1. The van der Waals surface area contributed by atoms with Gasteiger partial charge in [-0.15, -0.1) is 6.58 Å². The zero-order valence-electron chi connectivity index (χ0n) is 10.4. The lowest BCUT2D eigenvalue weighted by molar-refractivity contribution is -0.145. The lowest BCUT2D eigenvalue weighted by atomic mass is 10.2. The van der Waals surface area contributed by atoms with Gasteiger partial charge in [0.15, 0.2) is 0 Å². The van der Waals surface area contributed by atoms with Crippen LogP contribution in [0, 0.1) is 0 Å². The largest absolute Gasteiger partial charge is 0.465 e. The fraction of sp³-hybridized carbons (Fsp3) is 0.667. The minimum atomic E-state index is -0.300. The van der Waals surface area contributed by atoms with E-state index in [1.54, 1.807) is 22.8 Å². The monoisotopic (exact) mass is 240 g/mol. The highest BCUT2D eigenvalue weighted by Crippen LogP contribution is 2.06. The summed E-state index contributed by atoms with van der Waals surface area (Å²) in [6.07, 6.45) is 2.76. The molecule has 0 bridgehead atoms. The van der Waals surface area contributed by atoms with Crippen LogP contribution in [0.3, 0.4) is 0 Å². The lowest BCUT2D eigenvalue weighted by Crippen LogP contribution is -2.48. The van der Waals surface area contributed by atoms with Gasteiger partial charge < -0.3 is 9.64 Å². The Hall–Kier alpha value is -1.36. The van der Waals surface area contributed by atoms with E-state index in [0.29, 0.717) is 13.2 Å². The molecule has 5 nitrogen and oxygen atoms in total. The number of hydrogen-bond donors (Lipinski definition) is 0. The van der Waals surface area contributed by atoms with E-state index in [9.17, 15) is 9.59 Å². The summed E-state index contributed by atoms with van der Waals surface area (Å²) in [5.74, 6) is -0.229. The molecule has 0 radical (unpaired) electrons. The van der Waals surface area contributed by atoms with Crippen LogP contribution in [0.5, 0.6) is 0 Å². The number of esters is 1. The Balaban J connectivity index is 2.38. The second kappa shape index (κ2) is 7.06. The maximum Gasteiger partial charge on any atom is 0.320 e. The first-order valence-electron chi connectivity index (χ1n) is 5.94. The van der Waals surface area contributed by atoms with Crippen molar-refractivity contribution in [2.45, 2.75) is 13.3 Å². The van der Waals surface area contributed by atoms with Crippen molar-refractivity contribution in [1.29, 1.82) is 0 Å². The molecular weight excluding hydrogens is 220 g/mol. The molecule has 0 spiro atoms. The normalized spacial score (nSPS) is 14.4. The molecule has 1 aliphatic heterocycles. The van der Waals surface area contributed by atoms with Crippen molar-refractivity contribution in [3.8, 4) is 0 Å². The molecule has 1 amide bonds. The van der Waals surface area contributed by atoms with E-state index in [1.165, 1.54) is 0 Å². The zero-order chi connectivity index (χ0) is 12.7. The van der Waals surface area contributed by atoms with E-state index < -0.39 is 0 Å². The number of likely N-dealkylation sites (tertiary alicyclic amines) is 1. The van der Waals surface area contributed by atoms with E-state index in [2.05, 4.69) is 6.58 Å². The summed E-state index contributed by atoms with van der Waals surface area (Å²) in [5, 5.41) is 0. The molecule has 0 aromatic heterocycles. The molecule has 1 heterocycles. The van der Waals surface area contributed by atoms with Crippen molar-refractivity contribution in [2.24, 2.45) is 0 Å². The molecular formula is C12H20N2O3. The van der Waals surface area contributed by atoms with E-state index in [0.717, 1.165) is 19.5 Å². The molecule has 5 heteroatoms. The molecule has 0 N–H and O–H groups in total. The van der Waals surface area contributed by atoms with Gasteiger partial charge in [-0.3, -0.25) is 14.5 Å². The summed E-state index contributed by atoms with van der Waals surface area (Å²) in [5.41, 5.74) is 0. The van der Waals surface area contributed by atoms with Crippen LogP contribution >= 0.6 is 0 Å². The van der Waals surface area contributed by atoms with Crippen molar-refractivity contribution < 1.29 is 14.3 Å². The van der Waals surface area contributed by atoms with Gasteiger partial charge in [-0.05, 0) is 13.3 Å². The fourth-order valence-electron chi connectivity index (χ4n) is 1.61. The van der Waals surface area contributed by atoms with Gasteiger partial charge in [0.1, 0.15) is 0 Å². The van der Waals surface area contributed by atoms with Crippen LogP contribution in [0.15, 0.2) is 12.7 Å². The number of ether oxygens (including phenoxy) is 1. The standard InChI is InChI=1S/C12H20N2O3/c1-3-6-13(10-12(16)17-4-2)9-11(15)14-7-5-8-14/h3H,1,4-10H2,2H3. The highest BCUT2D eigenvalue weighted by Gasteiger charge is 2.22. The summed E-state index contributed by atoms with van der Waals surface area (Å²) in [7, 11) is 0. The number of amides is 1. The predicted octanol–water partition coefficient (Wildman–Crippen LogP) is 0.270. The fourth-order valence-corrected chi connectivity index (χ4v) is 1.61. The first-order valence-corrected chi connectivity index (χ1v) is 5.94. The van der Waals surface area contributed by atoms with Gasteiger partial charge >= 0.3 is 5.97 Å². The average molecular weight is 240 g/mol. The van der Waals surface area contributed by atoms with Crippen LogP contribution in [0.2, 0.25) is 0 Å². The Bertz CT molecular complexity index is 287. The van der Waals surface area contributed by atoms with Crippen LogP contribution in [0.25, 0.3) is 0 Å². The number of nitrogens with zero attached hydrogens (tertiary/aromatic N) is 2. The molecule has 0 atom stereocenters. The van der Waals surface area contributed by atoms with Crippen LogP contribution < -0.4 is 0 Å². The highest BCUT2D eigenvalue weighted by atomic mass is 16.5. The van der Waals surface area contributed by atoms with E-state index in [-0.39, 0.29) is 25.0 Å². The van der Waals surface area contributed by atoms with Crippen LogP contribution in [0.1, 0.15) is 13.3 Å². The predicted molar refractivity (Wildman–Crippen MR) is 64.5 cm³/mol. The van der Waals surface area contributed by atoms with Gasteiger partial charge in [-0.1, -0.05) is 6.08 Å². The first kappa shape index (κ1) is 13.7. The summed E-state index contributed by atoms with van der Waals surface area (Å²) in [4.78, 5) is 26.6. The molecule has 0 unspecified atom stereocenters. The van der Waals surface area contributed by atoms with Crippen LogP contribution in [-0.2, 0) is 14.3 Å². The van der Waals surface area contributed by atoms with E-state index in [1.807, 2.05) is 0 Å². The third-order valence-corrected chi connectivity index (χ3v) is 2.61. The van der Waals surface area contributed by atoms with E-state index >= 15 is 0 Å². The van der Waals surface area contributed by atoms with Crippen molar-refractivity contribution in [3.05, 3.63) is 12.7 Å². The number of rotatable bonds is 7. The van der Waals surface area contributed by atoms with Gasteiger partial charge in [0.05, 0.1) is 19.7 Å². The molecule has 1 aliphatic rings. The summed E-state index contributed by atoms with van der Waals surface area (Å²) < 4.78 is 4.86. The van der Waals surface area contributed by atoms with Crippen LogP contribution in [0.4, 0.5) is 0 Å². The van der Waals surface area contributed by atoms with E-state index in [4.69, 9.17) is 4.74 Å². The van der Waals surface area contributed by atoms with Crippen molar-refractivity contribution in [2.75, 3.05) is 39.3 Å². The average Bonchev–Trinajstić information content (AvgIpc) is 2.14. The summed E-state index contributed by atoms with van der Waals surface area (Å²) in [6.45, 7) is 8.32. The highest BCUT2D eigenvalue weighted by molar-refractivity contribution is 5.80. The maximum absolute atomic E-state index is 11.7. The Morgan fingerprint density at radius 3 is 2.59 bits per heavy atom. The minimum absolute atomic E-state index is 0.0717. The maximum atomic E-state index is 11.7. The molecule has 1 rings (SSSR count). The second-order valence-corrected chi connectivity index (χ2v) is 4.00. The summed E-state index contributed by atoms with van der Waals surface area (Å²) >= 11 is 0. The molecule has 0 aromatic carbocycles. The Labute approximate surface area is 102 Å². The second-order valence-electron chi connectivity index (χ2n) is 4.00. The molecule has 0 saturated carbocycles. The third kappa shape index (κ3) is 4.56. The quantitative estimate of drug-likeness (QED) is 0.473. The zero-order valence-corrected chi connectivity index (χ0v) is 10.4. The lowest BCUT2D eigenvalue weighted by Gasteiger charge is -2.32. The molecule has 1 fully saturated rings. The van der Waals surface area contributed by atoms with Gasteiger partial charge in [0.2, 0.25) is 5.91 Å².